The van der Waals surface area contributed by atoms with Crippen LogP contribution in [0, 0.1) is 0 Å². The zero-order valence-corrected chi connectivity index (χ0v) is 6.02. The molecule has 1 unspecified atom stereocenters. The van der Waals surface area contributed by atoms with Gasteiger partial charge in [0, 0.05) is 6.54 Å². The van der Waals surface area contributed by atoms with Gasteiger partial charge in [0.25, 0.3) is 0 Å². The van der Waals surface area contributed by atoms with Crippen LogP contribution >= 0.6 is 0 Å². The summed E-state index contributed by atoms with van der Waals surface area (Å²) in [6, 6.07) is 0. The average molecular weight is 129 g/mol. The Kier molecular flexibility index (Phi) is 3.01. The molecule has 0 aromatic rings. The van der Waals surface area contributed by atoms with Gasteiger partial charge in [0.2, 0.25) is 0 Å². The fourth-order valence-electron chi connectivity index (χ4n) is 1.05. The Morgan fingerprint density at radius 2 is 2.56 bits per heavy atom. The largest absolute Gasteiger partial charge is 0.362 e. The molecule has 1 aliphatic heterocycles. The van der Waals surface area contributed by atoms with Crippen molar-refractivity contribution in [2.75, 3.05) is 13.2 Å². The number of hydrogen-bond acceptors (Lipinski definition) is 2. The van der Waals surface area contributed by atoms with Crippen LogP contribution in [0.15, 0.2) is 0 Å². The molecule has 0 bridgehead atoms. The van der Waals surface area contributed by atoms with Gasteiger partial charge in [0.1, 0.15) is 6.23 Å². The van der Waals surface area contributed by atoms with Crippen molar-refractivity contribution < 1.29 is 4.74 Å². The predicted octanol–water partition coefficient (Wildman–Crippen LogP) is 1.12. The smallest absolute Gasteiger partial charge is 0.108 e. The summed E-state index contributed by atoms with van der Waals surface area (Å²) in [5.74, 6) is 0. The van der Waals surface area contributed by atoms with E-state index in [1.165, 1.54) is 19.3 Å². The fraction of sp³-hybridized carbons (Fsp3) is 1.00. The summed E-state index contributed by atoms with van der Waals surface area (Å²) in [6.07, 6.45) is 4.08. The van der Waals surface area contributed by atoms with Gasteiger partial charge >= 0.3 is 0 Å². The summed E-state index contributed by atoms with van der Waals surface area (Å²) in [5, 5.41) is 3.27. The minimum atomic E-state index is 0.366. The molecule has 1 N–H and O–H groups in total. The van der Waals surface area contributed by atoms with Crippen molar-refractivity contribution in [2.24, 2.45) is 0 Å². The second-order valence-electron chi connectivity index (χ2n) is 2.46. The molecule has 1 fully saturated rings. The van der Waals surface area contributed by atoms with Crippen LogP contribution in [0.2, 0.25) is 0 Å². The van der Waals surface area contributed by atoms with E-state index in [0.29, 0.717) is 6.23 Å². The lowest BCUT2D eigenvalue weighted by molar-refractivity contribution is 0.0924. The molecule has 1 rings (SSSR count). The molecule has 0 aromatic carbocycles. The van der Waals surface area contributed by atoms with Gasteiger partial charge in [0.05, 0.1) is 6.61 Å². The summed E-state index contributed by atoms with van der Waals surface area (Å²) in [6.45, 7) is 4.14. The number of hydrogen-bond donors (Lipinski definition) is 1. The van der Waals surface area contributed by atoms with E-state index in [-0.39, 0.29) is 0 Å². The average Bonchev–Trinajstić information content (AvgIpc) is 2.34. The van der Waals surface area contributed by atoms with Crippen LogP contribution < -0.4 is 5.32 Å². The second-order valence-corrected chi connectivity index (χ2v) is 2.46. The van der Waals surface area contributed by atoms with E-state index in [0.717, 1.165) is 13.2 Å². The standard InChI is InChI=1S/C7H15NO/c1-2-3-4-7-8-5-6-9-7/h7-8H,2-6H2,1H3. The van der Waals surface area contributed by atoms with Crippen LogP contribution in [0.4, 0.5) is 0 Å². The number of unbranched alkanes of at least 4 members (excludes halogenated alkanes) is 1. The molecule has 0 aromatic heterocycles. The normalized spacial score (nSPS) is 27.0. The molecule has 0 aliphatic carbocycles. The third kappa shape index (κ3) is 2.33. The third-order valence-electron chi connectivity index (χ3n) is 1.61. The van der Waals surface area contributed by atoms with Gasteiger partial charge in [-0.05, 0) is 12.8 Å². The molecule has 2 nitrogen and oxygen atoms in total. The zero-order valence-electron chi connectivity index (χ0n) is 6.02. The van der Waals surface area contributed by atoms with E-state index in [9.17, 15) is 0 Å². The first-order valence-corrected chi connectivity index (χ1v) is 3.78. The summed E-state index contributed by atoms with van der Waals surface area (Å²) in [4.78, 5) is 0. The lowest BCUT2D eigenvalue weighted by Crippen LogP contribution is -2.21. The van der Waals surface area contributed by atoms with Crippen LogP contribution in [-0.4, -0.2) is 19.4 Å². The topological polar surface area (TPSA) is 21.3 Å². The van der Waals surface area contributed by atoms with E-state index in [2.05, 4.69) is 12.2 Å². The highest BCUT2D eigenvalue weighted by Crippen LogP contribution is 2.04. The maximum absolute atomic E-state index is 5.34. The summed E-state index contributed by atoms with van der Waals surface area (Å²) in [7, 11) is 0. The molecule has 1 atom stereocenters. The van der Waals surface area contributed by atoms with E-state index >= 15 is 0 Å². The second kappa shape index (κ2) is 3.85. The van der Waals surface area contributed by atoms with Gasteiger partial charge in [-0.25, -0.2) is 0 Å². The minimum Gasteiger partial charge on any atom is -0.362 e. The minimum absolute atomic E-state index is 0.366. The number of rotatable bonds is 3. The highest BCUT2D eigenvalue weighted by molar-refractivity contribution is 4.61. The van der Waals surface area contributed by atoms with Crippen molar-refractivity contribution in [1.82, 2.24) is 5.32 Å². The highest BCUT2D eigenvalue weighted by Gasteiger charge is 2.12. The quantitative estimate of drug-likeness (QED) is 0.616. The van der Waals surface area contributed by atoms with Crippen LogP contribution in [0.25, 0.3) is 0 Å². The van der Waals surface area contributed by atoms with Crippen molar-refractivity contribution in [1.29, 1.82) is 0 Å². The van der Waals surface area contributed by atoms with Crippen molar-refractivity contribution in [2.45, 2.75) is 32.4 Å². The Morgan fingerprint density at radius 3 is 3.11 bits per heavy atom. The molecule has 0 saturated carbocycles. The van der Waals surface area contributed by atoms with Crippen molar-refractivity contribution in [3.05, 3.63) is 0 Å². The van der Waals surface area contributed by atoms with Crippen LogP contribution in [0.3, 0.4) is 0 Å². The monoisotopic (exact) mass is 129 g/mol. The summed E-state index contributed by atoms with van der Waals surface area (Å²) < 4.78 is 5.34. The highest BCUT2D eigenvalue weighted by atomic mass is 16.5. The molecular formula is C7H15NO. The molecule has 54 valence electrons. The van der Waals surface area contributed by atoms with Crippen molar-refractivity contribution in [3.63, 3.8) is 0 Å². The third-order valence-corrected chi connectivity index (χ3v) is 1.61. The SMILES string of the molecule is CCCCC1NCCO1. The Balaban J connectivity index is 1.98. The summed E-state index contributed by atoms with van der Waals surface area (Å²) >= 11 is 0. The molecule has 1 saturated heterocycles. The van der Waals surface area contributed by atoms with E-state index in [4.69, 9.17) is 4.74 Å². The molecule has 0 amide bonds. The molecular weight excluding hydrogens is 114 g/mol. The van der Waals surface area contributed by atoms with Gasteiger partial charge in [-0.1, -0.05) is 13.3 Å². The Labute approximate surface area is 56.6 Å². The number of ether oxygens (including phenoxy) is 1. The summed E-state index contributed by atoms with van der Waals surface area (Å²) in [5.41, 5.74) is 0. The Morgan fingerprint density at radius 1 is 1.67 bits per heavy atom. The van der Waals surface area contributed by atoms with Crippen molar-refractivity contribution in [3.8, 4) is 0 Å². The van der Waals surface area contributed by atoms with Crippen LogP contribution in [0.1, 0.15) is 26.2 Å². The fourth-order valence-corrected chi connectivity index (χ4v) is 1.05. The molecule has 9 heavy (non-hydrogen) atoms. The molecule has 1 heterocycles. The Bertz CT molecular complexity index is 69.3. The molecule has 0 spiro atoms. The number of nitrogens with one attached hydrogen (secondary N) is 1. The van der Waals surface area contributed by atoms with E-state index < -0.39 is 0 Å². The van der Waals surface area contributed by atoms with Crippen molar-refractivity contribution >= 4 is 0 Å². The maximum atomic E-state index is 5.34. The maximum Gasteiger partial charge on any atom is 0.108 e. The van der Waals surface area contributed by atoms with Gasteiger partial charge in [-0.2, -0.15) is 0 Å². The first-order chi connectivity index (χ1) is 4.43. The zero-order chi connectivity index (χ0) is 6.53. The molecule has 1 aliphatic rings. The Hall–Kier alpha value is -0.0800. The predicted molar refractivity (Wildman–Crippen MR) is 37.3 cm³/mol. The van der Waals surface area contributed by atoms with Crippen LogP contribution in [0.5, 0.6) is 0 Å². The molecule has 2 heteroatoms. The molecule has 0 radical (unpaired) electrons. The van der Waals surface area contributed by atoms with Gasteiger partial charge in [-0.15, -0.1) is 0 Å². The lowest BCUT2D eigenvalue weighted by atomic mass is 10.2. The first kappa shape index (κ1) is 7.03. The van der Waals surface area contributed by atoms with Gasteiger partial charge in [-0.3, -0.25) is 5.32 Å². The lowest BCUT2D eigenvalue weighted by Gasteiger charge is -2.06. The van der Waals surface area contributed by atoms with E-state index in [1.54, 1.807) is 0 Å². The van der Waals surface area contributed by atoms with Crippen LogP contribution in [-0.2, 0) is 4.74 Å². The van der Waals surface area contributed by atoms with Gasteiger partial charge < -0.3 is 4.74 Å². The van der Waals surface area contributed by atoms with E-state index in [1.807, 2.05) is 0 Å². The first-order valence-electron chi connectivity index (χ1n) is 3.78. The van der Waals surface area contributed by atoms with Gasteiger partial charge in [0.15, 0.2) is 0 Å².